The molecule has 2 aromatic rings. The van der Waals surface area contributed by atoms with Gasteiger partial charge in [0.1, 0.15) is 5.82 Å². The van der Waals surface area contributed by atoms with Crippen LogP contribution < -0.4 is 4.90 Å². The maximum Gasteiger partial charge on any atom is 0.133 e. The number of aryl methyl sites for hydroxylation is 2. The molecule has 0 unspecified atom stereocenters. The quantitative estimate of drug-likeness (QED) is 0.329. The molecule has 1 aliphatic heterocycles. The van der Waals surface area contributed by atoms with E-state index in [0.717, 1.165) is 31.1 Å². The van der Waals surface area contributed by atoms with Crippen LogP contribution in [0.4, 0.5) is 5.82 Å². The van der Waals surface area contributed by atoms with Crippen molar-refractivity contribution in [1.82, 2.24) is 4.98 Å². The van der Waals surface area contributed by atoms with Gasteiger partial charge >= 0.3 is 0 Å². The molecule has 1 aromatic heterocycles. The number of hydrogen-bond donors (Lipinski definition) is 0. The van der Waals surface area contributed by atoms with E-state index in [1.807, 2.05) is 6.20 Å². The van der Waals surface area contributed by atoms with Crippen molar-refractivity contribution in [1.29, 1.82) is 0 Å². The highest BCUT2D eigenvalue weighted by atomic mass is 15.2. The van der Waals surface area contributed by atoms with Crippen LogP contribution >= 0.6 is 0 Å². The van der Waals surface area contributed by atoms with Crippen LogP contribution in [-0.2, 0) is 6.42 Å². The fourth-order valence-corrected chi connectivity index (χ4v) is 7.38. The van der Waals surface area contributed by atoms with Crippen LogP contribution in [-0.4, -0.2) is 17.2 Å². The predicted molar refractivity (Wildman–Crippen MR) is 165 cm³/mol. The van der Waals surface area contributed by atoms with Crippen LogP contribution in [0, 0.1) is 24.7 Å². The van der Waals surface area contributed by atoms with Crippen LogP contribution in [0.15, 0.2) is 60.0 Å². The minimum absolute atomic E-state index is 0.594. The monoisotopic (exact) mass is 521 g/mol. The van der Waals surface area contributed by atoms with Gasteiger partial charge < -0.3 is 4.90 Å². The Morgan fingerprint density at radius 3 is 2.41 bits per heavy atom. The number of rotatable bonds is 9. The second-order valence-corrected chi connectivity index (χ2v) is 12.8. The molecule has 0 radical (unpaired) electrons. The highest BCUT2D eigenvalue weighted by molar-refractivity contribution is 6.00. The van der Waals surface area contributed by atoms with E-state index >= 15 is 0 Å². The number of anilines is 1. The second kappa shape index (κ2) is 11.8. The van der Waals surface area contributed by atoms with Gasteiger partial charge in [-0.2, -0.15) is 0 Å². The lowest BCUT2D eigenvalue weighted by molar-refractivity contribution is 0.323. The van der Waals surface area contributed by atoms with E-state index < -0.39 is 0 Å². The maximum absolute atomic E-state index is 4.95. The highest BCUT2D eigenvalue weighted by Gasteiger charge is 2.31. The Morgan fingerprint density at radius 1 is 0.923 bits per heavy atom. The van der Waals surface area contributed by atoms with Crippen LogP contribution in [0.2, 0.25) is 0 Å². The number of hydrogen-bond acceptors (Lipinski definition) is 3. The van der Waals surface area contributed by atoms with E-state index in [1.54, 1.807) is 5.56 Å². The van der Waals surface area contributed by atoms with E-state index in [-0.39, 0.29) is 0 Å². The summed E-state index contributed by atoms with van der Waals surface area (Å²) < 4.78 is 0. The van der Waals surface area contributed by atoms with Crippen molar-refractivity contribution in [3.8, 4) is 0 Å². The van der Waals surface area contributed by atoms with E-state index in [1.165, 1.54) is 104 Å². The topological polar surface area (TPSA) is 28.5 Å². The first-order valence-electron chi connectivity index (χ1n) is 15.9. The van der Waals surface area contributed by atoms with Crippen molar-refractivity contribution < 1.29 is 0 Å². The van der Waals surface area contributed by atoms with Gasteiger partial charge in [-0.05, 0) is 128 Å². The zero-order valence-corrected chi connectivity index (χ0v) is 24.3. The van der Waals surface area contributed by atoms with Crippen LogP contribution in [0.1, 0.15) is 112 Å². The zero-order chi connectivity index (χ0) is 26.8. The normalized spacial score (nSPS) is 23.8. The van der Waals surface area contributed by atoms with Crippen molar-refractivity contribution in [2.75, 3.05) is 11.4 Å². The average Bonchev–Trinajstić information content (AvgIpc) is 3.72. The van der Waals surface area contributed by atoms with Gasteiger partial charge in [0, 0.05) is 36.8 Å². The summed E-state index contributed by atoms with van der Waals surface area (Å²) in [5.74, 6) is 3.83. The number of aliphatic imine (C=N–C) groups is 1. The van der Waals surface area contributed by atoms with E-state index in [2.05, 4.69) is 55.3 Å². The van der Waals surface area contributed by atoms with Crippen LogP contribution in [0.25, 0.3) is 5.57 Å². The molecule has 3 fully saturated rings. The molecule has 2 heterocycles. The molecule has 39 heavy (non-hydrogen) atoms. The molecule has 3 heteroatoms. The highest BCUT2D eigenvalue weighted by Crippen LogP contribution is 2.41. The van der Waals surface area contributed by atoms with Crippen LogP contribution in [0.3, 0.4) is 0 Å². The molecule has 206 valence electrons. The molecule has 0 atom stereocenters. The third-order valence-corrected chi connectivity index (χ3v) is 10.1. The molecule has 6 rings (SSSR count). The molecule has 0 saturated heterocycles. The SMILES string of the molecule is C=C(C1CCCCC1)N(CC1CCC(c2ccc(CC)c(C)c2)CC1)c1cc(C2=CN=C(C3CC3)C2)ccn1. The summed E-state index contributed by atoms with van der Waals surface area (Å²) in [6, 6.07) is 11.7. The first-order valence-corrected chi connectivity index (χ1v) is 15.9. The predicted octanol–water partition coefficient (Wildman–Crippen LogP) is 9.42. The van der Waals surface area contributed by atoms with E-state index in [0.29, 0.717) is 17.8 Å². The fourth-order valence-electron chi connectivity index (χ4n) is 7.38. The van der Waals surface area contributed by atoms with E-state index in [4.69, 9.17) is 16.6 Å². The summed E-state index contributed by atoms with van der Waals surface area (Å²) in [7, 11) is 0. The Morgan fingerprint density at radius 2 is 1.69 bits per heavy atom. The summed E-state index contributed by atoms with van der Waals surface area (Å²) in [5, 5.41) is 0. The minimum Gasteiger partial charge on any atom is -0.330 e. The van der Waals surface area contributed by atoms with Crippen LogP contribution in [0.5, 0.6) is 0 Å². The van der Waals surface area contributed by atoms with Crippen molar-refractivity contribution in [2.45, 2.75) is 103 Å². The number of pyridine rings is 1. The first kappa shape index (κ1) is 26.5. The number of benzene rings is 1. The molecule has 0 amide bonds. The van der Waals surface area contributed by atoms with Gasteiger partial charge in [-0.15, -0.1) is 0 Å². The van der Waals surface area contributed by atoms with Gasteiger partial charge in [0.15, 0.2) is 0 Å². The average molecular weight is 522 g/mol. The molecule has 3 nitrogen and oxygen atoms in total. The lowest BCUT2D eigenvalue weighted by Gasteiger charge is -2.37. The Bertz CT molecular complexity index is 1240. The largest absolute Gasteiger partial charge is 0.330 e. The summed E-state index contributed by atoms with van der Waals surface area (Å²) in [5.41, 5.74) is 9.85. The Hall–Kier alpha value is -2.68. The Kier molecular flexibility index (Phi) is 8.04. The molecule has 0 N–H and O–H groups in total. The zero-order valence-electron chi connectivity index (χ0n) is 24.3. The lowest BCUT2D eigenvalue weighted by Crippen LogP contribution is -2.34. The molecule has 1 aromatic carbocycles. The van der Waals surface area contributed by atoms with E-state index in [9.17, 15) is 0 Å². The number of aromatic nitrogens is 1. The third-order valence-electron chi connectivity index (χ3n) is 10.1. The Labute approximate surface area is 236 Å². The Balaban J connectivity index is 1.16. The molecular weight excluding hydrogens is 474 g/mol. The summed E-state index contributed by atoms with van der Waals surface area (Å²) in [6.45, 7) is 10.3. The third kappa shape index (κ3) is 6.08. The van der Waals surface area contributed by atoms with Crippen molar-refractivity contribution in [3.05, 3.63) is 77.3 Å². The summed E-state index contributed by atoms with van der Waals surface area (Å²) in [6.07, 6.45) is 20.7. The number of allylic oxidation sites excluding steroid dienone is 2. The van der Waals surface area contributed by atoms with Gasteiger partial charge in [-0.1, -0.05) is 51.0 Å². The molecule has 0 bridgehead atoms. The van der Waals surface area contributed by atoms with Gasteiger partial charge in [-0.25, -0.2) is 4.98 Å². The molecule has 3 saturated carbocycles. The maximum atomic E-state index is 4.95. The smallest absolute Gasteiger partial charge is 0.133 e. The molecule has 4 aliphatic rings. The van der Waals surface area contributed by atoms with Crippen molar-refractivity contribution in [3.63, 3.8) is 0 Å². The van der Waals surface area contributed by atoms with Gasteiger partial charge in [0.2, 0.25) is 0 Å². The fraction of sp³-hybridized carbons (Fsp3) is 0.556. The van der Waals surface area contributed by atoms with Gasteiger partial charge in [-0.3, -0.25) is 4.99 Å². The second-order valence-electron chi connectivity index (χ2n) is 12.8. The standard InChI is InChI=1S/C36H47N3/c1-4-28-14-17-32(20-25(28)2)30-12-10-27(11-13-30)24-39(26(3)29-8-6-5-7-9-29)36-22-33(18-19-37-36)34-21-35(38-23-34)31-15-16-31/h14,17-20,22-23,27,29-31H,3-13,15-16,21,24H2,1-2H3. The van der Waals surface area contributed by atoms with Crippen molar-refractivity contribution in [2.24, 2.45) is 22.7 Å². The minimum atomic E-state index is 0.594. The first-order chi connectivity index (χ1) is 19.1. The summed E-state index contributed by atoms with van der Waals surface area (Å²) >= 11 is 0. The van der Waals surface area contributed by atoms with Gasteiger partial charge in [0.25, 0.3) is 0 Å². The lowest BCUT2D eigenvalue weighted by atomic mass is 9.77. The van der Waals surface area contributed by atoms with Gasteiger partial charge in [0.05, 0.1) is 0 Å². The van der Waals surface area contributed by atoms with Crippen molar-refractivity contribution >= 4 is 17.1 Å². The molecule has 0 spiro atoms. The summed E-state index contributed by atoms with van der Waals surface area (Å²) in [4.78, 5) is 12.3. The number of nitrogens with zero attached hydrogens (tertiary/aromatic N) is 3. The molecule has 3 aliphatic carbocycles. The molecular formula is C36H47N3.